The number of amides is 2. The molecule has 0 bridgehead atoms. The number of piperidine rings is 1. The van der Waals surface area contributed by atoms with E-state index in [1.807, 2.05) is 18.2 Å². The Morgan fingerprint density at radius 1 is 1.24 bits per heavy atom. The number of rotatable bonds is 5. The number of hydrogen-bond donors (Lipinski definition) is 2. The maximum atomic E-state index is 12.6. The van der Waals surface area contributed by atoms with Crippen molar-refractivity contribution in [3.8, 4) is 0 Å². The minimum absolute atomic E-state index is 0.0532. The molecule has 2 N–H and O–H groups in total. The number of benzene rings is 1. The summed E-state index contributed by atoms with van der Waals surface area (Å²) in [6.45, 7) is 1.11. The molecule has 2 rings (SSSR count). The Balaban J connectivity index is 2.04. The van der Waals surface area contributed by atoms with Gasteiger partial charge in [0.25, 0.3) is 5.91 Å². The molecular formula is C16H22N2O3. The minimum Gasteiger partial charge on any atom is -0.396 e. The molecule has 5 heteroatoms. The van der Waals surface area contributed by atoms with Crippen LogP contribution in [0.3, 0.4) is 0 Å². The van der Waals surface area contributed by atoms with E-state index in [1.165, 1.54) is 0 Å². The van der Waals surface area contributed by atoms with Crippen LogP contribution in [-0.2, 0) is 4.79 Å². The molecule has 1 unspecified atom stereocenters. The Morgan fingerprint density at radius 3 is 2.71 bits per heavy atom. The Kier molecular flexibility index (Phi) is 5.75. The Bertz CT molecular complexity index is 476. The van der Waals surface area contributed by atoms with Crippen LogP contribution in [0.2, 0.25) is 0 Å². The van der Waals surface area contributed by atoms with Gasteiger partial charge in [0.2, 0.25) is 5.91 Å². The fourth-order valence-electron chi connectivity index (χ4n) is 2.60. The van der Waals surface area contributed by atoms with Gasteiger partial charge in [-0.3, -0.25) is 9.59 Å². The van der Waals surface area contributed by atoms with Crippen LogP contribution in [0.5, 0.6) is 0 Å². The first-order chi connectivity index (χ1) is 10.2. The molecule has 1 fully saturated rings. The van der Waals surface area contributed by atoms with E-state index < -0.39 is 6.04 Å². The minimum atomic E-state index is -0.398. The average Bonchev–Trinajstić information content (AvgIpc) is 2.55. The van der Waals surface area contributed by atoms with Crippen LogP contribution in [0, 0.1) is 0 Å². The van der Waals surface area contributed by atoms with Crippen LogP contribution < -0.4 is 5.32 Å². The van der Waals surface area contributed by atoms with Gasteiger partial charge in [-0.2, -0.15) is 0 Å². The van der Waals surface area contributed by atoms with Crippen molar-refractivity contribution in [1.29, 1.82) is 0 Å². The summed E-state index contributed by atoms with van der Waals surface area (Å²) in [5, 5.41) is 11.6. The van der Waals surface area contributed by atoms with Crippen molar-refractivity contribution >= 4 is 11.8 Å². The molecule has 0 radical (unpaired) electrons. The molecule has 114 valence electrons. The Morgan fingerprint density at radius 2 is 2.00 bits per heavy atom. The normalized spacial score (nSPS) is 18.3. The van der Waals surface area contributed by atoms with E-state index >= 15 is 0 Å². The first-order valence-corrected chi connectivity index (χ1v) is 7.48. The standard InChI is InChI=1S/C16H22N2O3/c19-12-6-10-17-15(20)14-9-4-5-11-18(14)16(21)13-7-2-1-3-8-13/h1-3,7-8,14,19H,4-6,9-12H2,(H,17,20). The first-order valence-electron chi connectivity index (χ1n) is 7.48. The Labute approximate surface area is 125 Å². The zero-order valence-electron chi connectivity index (χ0n) is 12.1. The molecule has 1 saturated heterocycles. The van der Waals surface area contributed by atoms with Gasteiger partial charge in [-0.1, -0.05) is 18.2 Å². The zero-order chi connectivity index (χ0) is 15.1. The van der Waals surface area contributed by atoms with Crippen molar-refractivity contribution in [3.63, 3.8) is 0 Å². The highest BCUT2D eigenvalue weighted by Crippen LogP contribution is 2.20. The van der Waals surface area contributed by atoms with Crippen LogP contribution in [-0.4, -0.2) is 47.6 Å². The van der Waals surface area contributed by atoms with E-state index in [0.29, 0.717) is 31.5 Å². The quantitative estimate of drug-likeness (QED) is 0.800. The van der Waals surface area contributed by atoms with E-state index in [-0.39, 0.29) is 18.4 Å². The smallest absolute Gasteiger partial charge is 0.254 e. The monoisotopic (exact) mass is 290 g/mol. The van der Waals surface area contributed by atoms with Crippen LogP contribution in [0.4, 0.5) is 0 Å². The van der Waals surface area contributed by atoms with E-state index in [4.69, 9.17) is 5.11 Å². The van der Waals surface area contributed by atoms with Gasteiger partial charge in [0, 0.05) is 25.3 Å². The van der Waals surface area contributed by atoms with Gasteiger partial charge < -0.3 is 15.3 Å². The van der Waals surface area contributed by atoms with Crippen molar-refractivity contribution in [3.05, 3.63) is 35.9 Å². The number of nitrogens with zero attached hydrogens (tertiary/aromatic N) is 1. The molecule has 0 aliphatic carbocycles. The second kappa shape index (κ2) is 7.78. The molecular weight excluding hydrogens is 268 g/mol. The summed E-state index contributed by atoms with van der Waals surface area (Å²) in [7, 11) is 0. The van der Waals surface area contributed by atoms with E-state index in [1.54, 1.807) is 17.0 Å². The van der Waals surface area contributed by atoms with Crippen molar-refractivity contribution in [1.82, 2.24) is 10.2 Å². The van der Waals surface area contributed by atoms with Crippen LogP contribution in [0.15, 0.2) is 30.3 Å². The molecule has 1 aromatic carbocycles. The van der Waals surface area contributed by atoms with Crippen LogP contribution in [0.1, 0.15) is 36.0 Å². The molecule has 5 nitrogen and oxygen atoms in total. The lowest BCUT2D eigenvalue weighted by Gasteiger charge is -2.34. The lowest BCUT2D eigenvalue weighted by atomic mass is 10.00. The number of aliphatic hydroxyl groups is 1. The Hall–Kier alpha value is -1.88. The van der Waals surface area contributed by atoms with Gasteiger partial charge in [0.1, 0.15) is 6.04 Å². The summed E-state index contributed by atoms with van der Waals surface area (Å²) in [5.74, 6) is -0.204. The number of carbonyl (C=O) groups is 2. The van der Waals surface area contributed by atoms with Gasteiger partial charge >= 0.3 is 0 Å². The molecule has 1 heterocycles. The van der Waals surface area contributed by atoms with Gasteiger partial charge in [-0.15, -0.1) is 0 Å². The summed E-state index contributed by atoms with van der Waals surface area (Å²) in [5.41, 5.74) is 0.618. The lowest BCUT2D eigenvalue weighted by Crippen LogP contribution is -2.52. The highest BCUT2D eigenvalue weighted by molar-refractivity contribution is 5.97. The van der Waals surface area contributed by atoms with E-state index in [9.17, 15) is 9.59 Å². The second-order valence-electron chi connectivity index (χ2n) is 5.24. The van der Waals surface area contributed by atoms with Gasteiger partial charge in [0.15, 0.2) is 0 Å². The van der Waals surface area contributed by atoms with Crippen LogP contribution >= 0.6 is 0 Å². The fraction of sp³-hybridized carbons (Fsp3) is 0.500. The zero-order valence-corrected chi connectivity index (χ0v) is 12.1. The molecule has 1 aliphatic heterocycles. The van der Waals surface area contributed by atoms with Crippen molar-refractivity contribution in [2.45, 2.75) is 31.7 Å². The third kappa shape index (κ3) is 4.04. The summed E-state index contributed by atoms with van der Waals surface area (Å²) in [4.78, 5) is 26.5. The summed E-state index contributed by atoms with van der Waals surface area (Å²) in [6.07, 6.45) is 3.12. The van der Waals surface area contributed by atoms with Gasteiger partial charge in [0.05, 0.1) is 0 Å². The highest BCUT2D eigenvalue weighted by atomic mass is 16.3. The van der Waals surface area contributed by atoms with E-state index in [0.717, 1.165) is 12.8 Å². The second-order valence-corrected chi connectivity index (χ2v) is 5.24. The number of aliphatic hydroxyl groups excluding tert-OH is 1. The highest BCUT2D eigenvalue weighted by Gasteiger charge is 2.32. The molecule has 1 atom stereocenters. The molecule has 1 aliphatic rings. The number of nitrogens with one attached hydrogen (secondary N) is 1. The predicted octanol–water partition coefficient (Wildman–Crippen LogP) is 1.18. The SMILES string of the molecule is O=C(NCCCO)C1CCCCN1C(=O)c1ccccc1. The molecule has 0 aromatic heterocycles. The van der Waals surface area contributed by atoms with Crippen LogP contribution in [0.25, 0.3) is 0 Å². The third-order valence-corrected chi connectivity index (χ3v) is 3.72. The molecule has 0 saturated carbocycles. The topological polar surface area (TPSA) is 69.6 Å². The van der Waals surface area contributed by atoms with Crippen molar-refractivity contribution in [2.75, 3.05) is 19.7 Å². The molecule has 2 amide bonds. The summed E-state index contributed by atoms with van der Waals surface area (Å²) >= 11 is 0. The maximum absolute atomic E-state index is 12.6. The molecule has 1 aromatic rings. The lowest BCUT2D eigenvalue weighted by molar-refractivity contribution is -0.126. The van der Waals surface area contributed by atoms with Gasteiger partial charge in [-0.25, -0.2) is 0 Å². The van der Waals surface area contributed by atoms with Gasteiger partial charge in [-0.05, 0) is 37.8 Å². The van der Waals surface area contributed by atoms with Crippen molar-refractivity contribution in [2.24, 2.45) is 0 Å². The number of likely N-dealkylation sites (tertiary alicyclic amines) is 1. The number of hydrogen-bond acceptors (Lipinski definition) is 3. The largest absolute Gasteiger partial charge is 0.396 e. The summed E-state index contributed by atoms with van der Waals surface area (Å²) in [6, 6.07) is 8.67. The summed E-state index contributed by atoms with van der Waals surface area (Å²) < 4.78 is 0. The predicted molar refractivity (Wildman–Crippen MR) is 79.8 cm³/mol. The first kappa shape index (κ1) is 15.5. The third-order valence-electron chi connectivity index (χ3n) is 3.72. The molecule has 0 spiro atoms. The fourth-order valence-corrected chi connectivity index (χ4v) is 2.60. The number of carbonyl (C=O) groups excluding carboxylic acids is 2. The van der Waals surface area contributed by atoms with E-state index in [2.05, 4.69) is 5.32 Å². The average molecular weight is 290 g/mol. The maximum Gasteiger partial charge on any atom is 0.254 e. The molecule has 21 heavy (non-hydrogen) atoms. The van der Waals surface area contributed by atoms with Crippen molar-refractivity contribution < 1.29 is 14.7 Å².